The Labute approximate surface area is 162 Å². The SMILES string of the molecule is CSc1ccccc1NC(=O)C1CCCN(Cc2c(F)cccc2Cl)C1. The molecule has 3 rings (SSSR count). The average Bonchev–Trinajstić information content (AvgIpc) is 2.65. The Balaban J connectivity index is 1.65. The second-order valence-corrected chi connectivity index (χ2v) is 7.72. The Morgan fingerprint density at radius 1 is 1.31 bits per heavy atom. The number of benzene rings is 2. The van der Waals surface area contributed by atoms with E-state index in [4.69, 9.17) is 11.6 Å². The van der Waals surface area contributed by atoms with Crippen molar-refractivity contribution >= 4 is 35.0 Å². The highest BCUT2D eigenvalue weighted by Gasteiger charge is 2.27. The van der Waals surface area contributed by atoms with Gasteiger partial charge < -0.3 is 5.32 Å². The molecule has 2 aromatic rings. The highest BCUT2D eigenvalue weighted by Crippen LogP contribution is 2.27. The molecule has 1 heterocycles. The molecule has 3 nitrogen and oxygen atoms in total. The summed E-state index contributed by atoms with van der Waals surface area (Å²) in [5.41, 5.74) is 1.35. The summed E-state index contributed by atoms with van der Waals surface area (Å²) >= 11 is 7.75. The van der Waals surface area contributed by atoms with Crippen LogP contribution >= 0.6 is 23.4 Å². The summed E-state index contributed by atoms with van der Waals surface area (Å²) in [6.45, 7) is 1.88. The number of carbonyl (C=O) groups is 1. The maximum Gasteiger partial charge on any atom is 0.228 e. The summed E-state index contributed by atoms with van der Waals surface area (Å²) in [6.07, 6.45) is 3.74. The van der Waals surface area contributed by atoms with Crippen LogP contribution < -0.4 is 5.32 Å². The topological polar surface area (TPSA) is 32.3 Å². The molecule has 26 heavy (non-hydrogen) atoms. The molecule has 138 valence electrons. The Bertz CT molecular complexity index is 766. The summed E-state index contributed by atoms with van der Waals surface area (Å²) in [5, 5.41) is 3.49. The second kappa shape index (κ2) is 8.89. The molecule has 1 unspecified atom stereocenters. The van der Waals surface area contributed by atoms with Crippen LogP contribution in [0, 0.1) is 11.7 Å². The first-order chi connectivity index (χ1) is 12.6. The molecule has 1 saturated heterocycles. The van der Waals surface area contributed by atoms with Crippen LogP contribution in [0.5, 0.6) is 0 Å². The molecule has 1 aliphatic rings. The van der Waals surface area contributed by atoms with Crippen LogP contribution in [0.25, 0.3) is 0 Å². The minimum atomic E-state index is -0.294. The number of halogens is 2. The molecule has 0 spiro atoms. The van der Waals surface area contributed by atoms with Crippen LogP contribution in [-0.2, 0) is 11.3 Å². The maximum absolute atomic E-state index is 14.0. The van der Waals surface area contributed by atoms with Crippen molar-refractivity contribution in [3.63, 3.8) is 0 Å². The minimum absolute atomic E-state index is 0.0239. The zero-order chi connectivity index (χ0) is 18.5. The molecule has 1 atom stereocenters. The second-order valence-electron chi connectivity index (χ2n) is 6.46. The lowest BCUT2D eigenvalue weighted by atomic mass is 9.96. The largest absolute Gasteiger partial charge is 0.325 e. The first-order valence-corrected chi connectivity index (χ1v) is 10.3. The van der Waals surface area contributed by atoms with Gasteiger partial charge in [0.1, 0.15) is 5.82 Å². The number of likely N-dealkylation sites (tertiary alicyclic amines) is 1. The van der Waals surface area contributed by atoms with E-state index in [1.165, 1.54) is 6.07 Å². The van der Waals surface area contributed by atoms with E-state index in [0.717, 1.165) is 30.0 Å². The summed E-state index contributed by atoms with van der Waals surface area (Å²) in [4.78, 5) is 15.9. The smallest absolute Gasteiger partial charge is 0.228 e. The number of hydrogen-bond donors (Lipinski definition) is 1. The third-order valence-corrected chi connectivity index (χ3v) is 5.83. The Morgan fingerprint density at radius 3 is 2.88 bits per heavy atom. The summed E-state index contributed by atoms with van der Waals surface area (Å²) in [5.74, 6) is -0.377. The van der Waals surface area contributed by atoms with Crippen molar-refractivity contribution < 1.29 is 9.18 Å². The lowest BCUT2D eigenvalue weighted by molar-refractivity contribution is -0.121. The van der Waals surface area contributed by atoms with Crippen molar-refractivity contribution in [3.05, 3.63) is 58.9 Å². The van der Waals surface area contributed by atoms with Crippen molar-refractivity contribution in [2.45, 2.75) is 24.3 Å². The van der Waals surface area contributed by atoms with Gasteiger partial charge in [-0.15, -0.1) is 11.8 Å². The zero-order valence-electron chi connectivity index (χ0n) is 14.7. The van der Waals surface area contributed by atoms with Gasteiger partial charge in [0.15, 0.2) is 0 Å². The van der Waals surface area contributed by atoms with Gasteiger partial charge in [0.25, 0.3) is 0 Å². The molecule has 0 bridgehead atoms. The number of nitrogens with one attached hydrogen (secondary N) is 1. The number of hydrogen-bond acceptors (Lipinski definition) is 3. The molecular formula is C20H22ClFN2OS. The van der Waals surface area contributed by atoms with E-state index in [1.807, 2.05) is 30.5 Å². The first-order valence-electron chi connectivity index (χ1n) is 8.67. The molecule has 0 radical (unpaired) electrons. The van der Waals surface area contributed by atoms with Gasteiger partial charge in [-0.3, -0.25) is 9.69 Å². The molecule has 1 aliphatic heterocycles. The fourth-order valence-electron chi connectivity index (χ4n) is 3.30. The molecule has 2 aromatic carbocycles. The minimum Gasteiger partial charge on any atom is -0.325 e. The normalized spacial score (nSPS) is 17.9. The number of anilines is 1. The van der Waals surface area contributed by atoms with Crippen molar-refractivity contribution in [2.75, 3.05) is 24.7 Å². The van der Waals surface area contributed by atoms with Crippen molar-refractivity contribution in [2.24, 2.45) is 5.92 Å². The van der Waals surface area contributed by atoms with Crippen molar-refractivity contribution in [1.82, 2.24) is 4.90 Å². The van der Waals surface area contributed by atoms with Gasteiger partial charge >= 0.3 is 0 Å². The van der Waals surface area contributed by atoms with Gasteiger partial charge in [0.05, 0.1) is 11.6 Å². The van der Waals surface area contributed by atoms with Crippen LogP contribution in [0.4, 0.5) is 10.1 Å². The molecule has 1 N–H and O–H groups in total. The highest BCUT2D eigenvalue weighted by atomic mass is 35.5. The number of thioether (sulfide) groups is 1. The molecular weight excluding hydrogens is 371 g/mol. The van der Waals surface area contributed by atoms with Gasteiger partial charge in [-0.25, -0.2) is 4.39 Å². The number of piperidine rings is 1. The fraction of sp³-hybridized carbons (Fsp3) is 0.350. The van der Waals surface area contributed by atoms with Gasteiger partial charge in [0.2, 0.25) is 5.91 Å². The number of amides is 1. The standard InChI is InChI=1S/C20H22ClFN2OS/c1-26-19-10-3-2-9-18(19)23-20(25)14-6-5-11-24(12-14)13-15-16(21)7-4-8-17(15)22/h2-4,7-10,14H,5-6,11-13H2,1H3,(H,23,25). The third-order valence-electron chi connectivity index (χ3n) is 4.68. The Hall–Kier alpha value is -1.56. The molecule has 0 aromatic heterocycles. The lowest BCUT2D eigenvalue weighted by Crippen LogP contribution is -2.40. The first kappa shape index (κ1) is 19.2. The van der Waals surface area contributed by atoms with E-state index in [-0.39, 0.29) is 17.6 Å². The van der Waals surface area contributed by atoms with Crippen LogP contribution in [0.2, 0.25) is 5.02 Å². The Kier molecular flexibility index (Phi) is 6.57. The van der Waals surface area contributed by atoms with E-state index in [2.05, 4.69) is 10.2 Å². The molecule has 0 aliphatic carbocycles. The monoisotopic (exact) mass is 392 g/mol. The highest BCUT2D eigenvalue weighted by molar-refractivity contribution is 7.98. The number of nitrogens with zero attached hydrogens (tertiary/aromatic N) is 1. The average molecular weight is 393 g/mol. The predicted octanol–water partition coefficient (Wildman–Crippen LogP) is 5.05. The van der Waals surface area contributed by atoms with E-state index < -0.39 is 0 Å². The van der Waals surface area contributed by atoms with Crippen LogP contribution in [-0.4, -0.2) is 30.2 Å². The van der Waals surface area contributed by atoms with Gasteiger partial charge in [-0.1, -0.05) is 29.8 Å². The molecule has 1 fully saturated rings. The van der Waals surface area contributed by atoms with Gasteiger partial charge in [-0.2, -0.15) is 0 Å². The van der Waals surface area contributed by atoms with E-state index >= 15 is 0 Å². The van der Waals surface area contributed by atoms with E-state index in [0.29, 0.717) is 23.7 Å². The van der Waals surface area contributed by atoms with Crippen LogP contribution in [0.15, 0.2) is 47.4 Å². The third kappa shape index (κ3) is 4.58. The maximum atomic E-state index is 14.0. The van der Waals surface area contributed by atoms with Crippen molar-refractivity contribution in [3.8, 4) is 0 Å². The molecule has 6 heteroatoms. The number of rotatable bonds is 5. The van der Waals surface area contributed by atoms with Crippen LogP contribution in [0.3, 0.4) is 0 Å². The zero-order valence-corrected chi connectivity index (χ0v) is 16.2. The van der Waals surface area contributed by atoms with E-state index in [1.54, 1.807) is 23.9 Å². The van der Waals surface area contributed by atoms with Crippen molar-refractivity contribution in [1.29, 1.82) is 0 Å². The quantitative estimate of drug-likeness (QED) is 0.722. The number of carbonyl (C=O) groups excluding carboxylic acids is 1. The molecule has 1 amide bonds. The predicted molar refractivity (Wildman–Crippen MR) is 106 cm³/mol. The molecule has 0 saturated carbocycles. The number of para-hydroxylation sites is 1. The van der Waals surface area contributed by atoms with E-state index in [9.17, 15) is 9.18 Å². The summed E-state index contributed by atoms with van der Waals surface area (Å²) in [7, 11) is 0. The van der Waals surface area contributed by atoms with Crippen LogP contribution in [0.1, 0.15) is 18.4 Å². The fourth-order valence-corrected chi connectivity index (χ4v) is 4.08. The summed E-state index contributed by atoms with van der Waals surface area (Å²) in [6, 6.07) is 12.5. The summed E-state index contributed by atoms with van der Waals surface area (Å²) < 4.78 is 14.0. The lowest BCUT2D eigenvalue weighted by Gasteiger charge is -2.32. The van der Waals surface area contributed by atoms with Gasteiger partial charge in [0, 0.05) is 28.6 Å². The van der Waals surface area contributed by atoms with Gasteiger partial charge in [-0.05, 0) is 49.9 Å². The Morgan fingerprint density at radius 2 is 2.12 bits per heavy atom.